The Morgan fingerprint density at radius 1 is 0.590 bits per heavy atom. The Morgan fingerprint density at radius 3 is 1.65 bits per heavy atom. The molecule has 0 aromatic rings. The highest BCUT2D eigenvalue weighted by molar-refractivity contribution is 5.32. The van der Waals surface area contributed by atoms with Crippen LogP contribution in [0.4, 0.5) is 0 Å². The molecule has 7 fully saturated rings. The Hall–Kier alpha value is -1.18. The van der Waals surface area contributed by atoms with Crippen molar-refractivity contribution >= 4 is 0 Å². The van der Waals surface area contributed by atoms with Gasteiger partial charge in [0.1, 0.15) is 85.5 Å². The molecule has 3 unspecified atom stereocenters. The summed E-state index contributed by atoms with van der Waals surface area (Å²) < 4.78 is 48.7. The molecule has 0 amide bonds. The van der Waals surface area contributed by atoms with Crippen molar-refractivity contribution in [3.63, 3.8) is 0 Å². The van der Waals surface area contributed by atoms with Gasteiger partial charge in [-0.3, -0.25) is 0 Å². The fourth-order valence-electron chi connectivity index (χ4n) is 15.9. The Balaban J connectivity index is 0.995. The zero-order valence-corrected chi connectivity index (χ0v) is 46.6. The minimum Gasteiger partial charge on any atom is -0.394 e. The van der Waals surface area contributed by atoms with E-state index in [1.54, 1.807) is 13.8 Å². The minimum atomic E-state index is -1.93. The first-order valence-electron chi connectivity index (χ1n) is 28.4. The van der Waals surface area contributed by atoms with Gasteiger partial charge in [-0.25, -0.2) is 0 Å². The quantitative estimate of drug-likeness (QED) is 0.0704. The molecule has 78 heavy (non-hydrogen) atoms. The standard InChI is InChI=1S/C55H94O23/c1-23(25-16-17-53(7)32-13-11-26-27(55(32,9)33(60)18-54(25,53)8)12-15-34(51(26,3)4)75-48-42(67)40(65)38(63)29(20-57)72-48)10-14-35(52(5,6)70)76-50-46(78-49-43(68)41(66)39(64)30(21-58)73-49)44(69)45(31(22-59)74-50)77-47-37(62)24(2)36(61)28(19-56)71-47/h11,23-25,27-50,56-70H,10,12-22H2,1-9H3/t23-,24-,25?,27?,28+,29-,30+,31-,32?,33-,34+,35-,36-,37+,38-,39+,40+,41-,42-,43+,44+,45-,46-,47-,48+,49-,50+,53+,54-,55+/m1/s1. The third kappa shape index (κ3) is 10.9. The van der Waals surface area contributed by atoms with Crippen molar-refractivity contribution in [3.05, 3.63) is 11.6 Å². The van der Waals surface area contributed by atoms with Crippen molar-refractivity contribution in [2.24, 2.45) is 51.2 Å². The van der Waals surface area contributed by atoms with Crippen LogP contribution in [-0.4, -0.2) is 244 Å². The van der Waals surface area contributed by atoms with E-state index >= 15 is 0 Å². The van der Waals surface area contributed by atoms with E-state index in [0.717, 1.165) is 19.3 Å². The topological polar surface area (TPSA) is 377 Å². The van der Waals surface area contributed by atoms with E-state index in [2.05, 4.69) is 47.6 Å². The summed E-state index contributed by atoms with van der Waals surface area (Å²) in [6.45, 7) is 15.1. The molecule has 0 radical (unpaired) electrons. The highest BCUT2D eigenvalue weighted by atomic mass is 16.8. The summed E-state index contributed by atoms with van der Waals surface area (Å²) in [6.07, 6.45) is -24.2. The predicted molar refractivity (Wildman–Crippen MR) is 271 cm³/mol. The van der Waals surface area contributed by atoms with Crippen molar-refractivity contribution in [2.45, 2.75) is 254 Å². The van der Waals surface area contributed by atoms with Crippen LogP contribution in [0, 0.1) is 51.2 Å². The van der Waals surface area contributed by atoms with Gasteiger partial charge in [-0.05, 0) is 99.7 Å². The maximum absolute atomic E-state index is 12.7. The van der Waals surface area contributed by atoms with E-state index in [1.807, 2.05) is 0 Å². The maximum atomic E-state index is 12.7. The Labute approximate surface area is 457 Å². The Kier molecular flexibility index (Phi) is 19.1. The van der Waals surface area contributed by atoms with Crippen LogP contribution in [-0.2, 0) is 37.9 Å². The normalized spacial score (nSPS) is 51.4. The predicted octanol–water partition coefficient (Wildman–Crippen LogP) is -1.96. The molecule has 8 aliphatic rings. The number of allylic oxidation sites excluding steroid dienone is 1. The lowest BCUT2D eigenvalue weighted by atomic mass is 9.38. The molecule has 0 spiro atoms. The molecule has 30 atom stereocenters. The van der Waals surface area contributed by atoms with Crippen molar-refractivity contribution in [3.8, 4) is 0 Å². The maximum Gasteiger partial charge on any atom is 0.187 e. The summed E-state index contributed by atoms with van der Waals surface area (Å²) in [4.78, 5) is 0. The SMILES string of the molecule is C[C@H]1[C@H](O)[C@@H](O[C@H]2[C@H](O)[C@@H](O[C@H]3O[C@@H](CO)[C@H](O)[C@@H](O)[C@@H]3O)[C@H](O[C@H](CC[C@@H](C)C3CC[C@@]4(C)C5CC=C6C(CC[C@H](O[C@@H]7O[C@H](CO)[C@@H](O)[C@H](O)[C@H]7O)C6(C)C)[C@]5(C)[C@H](O)C[C@]34C)C(C)(C)O)O[C@@H]2CO)O[C@@H](CO)[C@@H]1O. The van der Waals surface area contributed by atoms with Crippen molar-refractivity contribution in [2.75, 3.05) is 26.4 Å². The molecule has 15 N–H and O–H groups in total. The van der Waals surface area contributed by atoms with Gasteiger partial charge in [0.05, 0.1) is 56.4 Å². The summed E-state index contributed by atoms with van der Waals surface area (Å²) in [5, 5.41) is 163. The highest BCUT2D eigenvalue weighted by Gasteiger charge is 2.70. The molecule has 4 saturated heterocycles. The molecule has 23 heteroatoms. The molecule has 0 aromatic carbocycles. The first-order valence-corrected chi connectivity index (χ1v) is 28.4. The lowest BCUT2D eigenvalue weighted by Crippen LogP contribution is -2.67. The summed E-state index contributed by atoms with van der Waals surface area (Å²) >= 11 is 0. The van der Waals surface area contributed by atoms with Crippen LogP contribution in [0.15, 0.2) is 11.6 Å². The lowest BCUT2D eigenvalue weighted by Gasteiger charge is -2.67. The fraction of sp³-hybridized carbons (Fsp3) is 0.964. The van der Waals surface area contributed by atoms with E-state index < -0.39 is 184 Å². The van der Waals surface area contributed by atoms with Gasteiger partial charge in [0.2, 0.25) is 0 Å². The molecule has 0 bridgehead atoms. The van der Waals surface area contributed by atoms with Crippen molar-refractivity contribution in [1.82, 2.24) is 0 Å². The molecule has 452 valence electrons. The van der Waals surface area contributed by atoms with Gasteiger partial charge >= 0.3 is 0 Å². The van der Waals surface area contributed by atoms with Gasteiger partial charge in [0, 0.05) is 16.7 Å². The van der Waals surface area contributed by atoms with E-state index in [0.29, 0.717) is 25.7 Å². The Bertz CT molecular complexity index is 2020. The first-order chi connectivity index (χ1) is 36.5. The first kappa shape index (κ1) is 62.9. The second-order valence-electron chi connectivity index (χ2n) is 26.2. The molecule has 3 saturated carbocycles. The number of hydrogen-bond acceptors (Lipinski definition) is 23. The largest absolute Gasteiger partial charge is 0.394 e. The molecule has 8 rings (SSSR count). The van der Waals surface area contributed by atoms with E-state index in [-0.39, 0.29) is 40.9 Å². The van der Waals surface area contributed by atoms with Crippen LogP contribution in [0.2, 0.25) is 0 Å². The van der Waals surface area contributed by atoms with Crippen LogP contribution in [0.3, 0.4) is 0 Å². The number of ether oxygens (including phenoxy) is 8. The summed E-state index contributed by atoms with van der Waals surface area (Å²) in [7, 11) is 0. The third-order valence-corrected chi connectivity index (χ3v) is 21.2. The summed E-state index contributed by atoms with van der Waals surface area (Å²) in [6, 6.07) is 0. The monoisotopic (exact) mass is 1120 g/mol. The number of aliphatic hydroxyl groups excluding tert-OH is 14. The zero-order valence-electron chi connectivity index (χ0n) is 46.6. The second kappa shape index (κ2) is 23.7. The van der Waals surface area contributed by atoms with Gasteiger partial charge in [0.15, 0.2) is 25.2 Å². The summed E-state index contributed by atoms with van der Waals surface area (Å²) in [5.74, 6) is -0.589. The molecular formula is C55H94O23. The van der Waals surface area contributed by atoms with E-state index in [9.17, 15) is 76.6 Å². The summed E-state index contributed by atoms with van der Waals surface area (Å²) in [5.41, 5.74) is -1.98. The second-order valence-corrected chi connectivity index (χ2v) is 26.2. The number of hydrogen-bond donors (Lipinski definition) is 15. The third-order valence-electron chi connectivity index (χ3n) is 21.2. The number of rotatable bonds is 17. The van der Waals surface area contributed by atoms with Gasteiger partial charge in [-0.15, -0.1) is 0 Å². The zero-order chi connectivity index (χ0) is 57.5. The van der Waals surface area contributed by atoms with Gasteiger partial charge in [0.25, 0.3) is 0 Å². The van der Waals surface area contributed by atoms with Crippen LogP contribution in [0.1, 0.15) is 114 Å². The van der Waals surface area contributed by atoms with Gasteiger partial charge in [-0.1, -0.05) is 60.1 Å². The van der Waals surface area contributed by atoms with Crippen LogP contribution in [0.5, 0.6) is 0 Å². The van der Waals surface area contributed by atoms with Gasteiger partial charge < -0.3 is 114 Å². The van der Waals surface area contributed by atoms with Crippen LogP contribution in [0.25, 0.3) is 0 Å². The average molecular weight is 1120 g/mol. The molecule has 0 aromatic heterocycles. The lowest BCUT2D eigenvalue weighted by molar-refractivity contribution is -0.392. The highest BCUT2D eigenvalue weighted by Crippen LogP contribution is 2.75. The van der Waals surface area contributed by atoms with E-state index in [1.165, 1.54) is 12.5 Å². The smallest absolute Gasteiger partial charge is 0.187 e. The van der Waals surface area contributed by atoms with Crippen LogP contribution < -0.4 is 0 Å². The van der Waals surface area contributed by atoms with Crippen LogP contribution >= 0.6 is 0 Å². The van der Waals surface area contributed by atoms with Crippen molar-refractivity contribution in [1.29, 1.82) is 0 Å². The van der Waals surface area contributed by atoms with Crippen molar-refractivity contribution < 1.29 is 114 Å². The number of fused-ring (bicyclic) bond motifs is 5. The molecule has 4 heterocycles. The van der Waals surface area contributed by atoms with E-state index in [4.69, 9.17) is 37.9 Å². The molecule has 4 aliphatic carbocycles. The number of aliphatic hydroxyl groups is 15. The minimum absolute atomic E-state index is 0.0169. The Morgan fingerprint density at radius 2 is 1.10 bits per heavy atom. The molecule has 23 nitrogen and oxygen atoms in total. The average Bonchev–Trinajstić information content (AvgIpc) is 2.57. The molecule has 4 aliphatic heterocycles. The fourth-order valence-corrected chi connectivity index (χ4v) is 15.9. The molecular weight excluding hydrogens is 1030 g/mol. The van der Waals surface area contributed by atoms with Gasteiger partial charge in [-0.2, -0.15) is 0 Å².